The molecule has 0 aliphatic rings. The first-order chi connectivity index (χ1) is 10.0. The van der Waals surface area contributed by atoms with Gasteiger partial charge in [-0.3, -0.25) is 4.79 Å². The van der Waals surface area contributed by atoms with Crippen LogP contribution in [-0.4, -0.2) is 24.2 Å². The topological polar surface area (TPSA) is 63.6 Å². The van der Waals surface area contributed by atoms with Gasteiger partial charge in [-0.2, -0.15) is 0 Å². The zero-order valence-electron chi connectivity index (χ0n) is 11.3. The molecule has 4 nitrogen and oxygen atoms in total. The molecule has 2 aromatic carbocycles. The van der Waals surface area contributed by atoms with Crippen LogP contribution in [0.5, 0.6) is 0 Å². The van der Waals surface area contributed by atoms with Crippen LogP contribution < -0.4 is 0 Å². The fourth-order valence-corrected chi connectivity index (χ4v) is 1.98. The molecular weight excluding hydrogens is 275 g/mol. The summed E-state index contributed by atoms with van der Waals surface area (Å²) in [5.41, 5.74) is 1.73. The second-order valence-corrected chi connectivity index (χ2v) is 4.45. The average Bonchev–Trinajstić information content (AvgIpc) is 2.48. The molecule has 0 amide bonds. The van der Waals surface area contributed by atoms with Gasteiger partial charge in [0.1, 0.15) is 5.82 Å². The lowest BCUT2D eigenvalue weighted by Gasteiger charge is -2.07. The molecule has 0 aliphatic carbocycles. The first-order valence-electron chi connectivity index (χ1n) is 6.20. The van der Waals surface area contributed by atoms with Crippen LogP contribution in [0, 0.1) is 5.82 Å². The Morgan fingerprint density at radius 2 is 1.81 bits per heavy atom. The third kappa shape index (κ3) is 3.45. The van der Waals surface area contributed by atoms with Crippen LogP contribution in [0.4, 0.5) is 4.39 Å². The molecule has 0 bridgehead atoms. The van der Waals surface area contributed by atoms with E-state index in [1.54, 1.807) is 12.1 Å². The summed E-state index contributed by atoms with van der Waals surface area (Å²) in [6.07, 6.45) is -0.173. The van der Waals surface area contributed by atoms with E-state index in [2.05, 4.69) is 4.74 Å². The molecule has 0 aromatic heterocycles. The maximum absolute atomic E-state index is 13.9. The molecule has 0 fully saturated rings. The SMILES string of the molecule is COC(=O)c1ccc(-c2cc(CC(=O)O)ccc2F)cc1. The first-order valence-corrected chi connectivity index (χ1v) is 6.20. The van der Waals surface area contributed by atoms with Gasteiger partial charge < -0.3 is 9.84 Å². The molecule has 5 heteroatoms. The van der Waals surface area contributed by atoms with Crippen LogP contribution in [0.25, 0.3) is 11.1 Å². The number of benzene rings is 2. The second-order valence-electron chi connectivity index (χ2n) is 4.45. The summed E-state index contributed by atoms with van der Waals surface area (Å²) in [4.78, 5) is 22.1. The van der Waals surface area contributed by atoms with Crippen molar-refractivity contribution in [2.24, 2.45) is 0 Å². The van der Waals surface area contributed by atoms with Gasteiger partial charge in [-0.25, -0.2) is 9.18 Å². The summed E-state index contributed by atoms with van der Waals surface area (Å²) in [5, 5.41) is 8.78. The summed E-state index contributed by atoms with van der Waals surface area (Å²) >= 11 is 0. The minimum absolute atomic E-state index is 0.173. The van der Waals surface area contributed by atoms with Crippen LogP contribution in [-0.2, 0) is 16.0 Å². The number of hydrogen-bond donors (Lipinski definition) is 1. The Labute approximate surface area is 120 Å². The summed E-state index contributed by atoms with van der Waals surface area (Å²) in [6, 6.07) is 10.4. The van der Waals surface area contributed by atoms with Gasteiger partial charge in [-0.05, 0) is 35.4 Å². The number of carbonyl (C=O) groups is 2. The molecule has 108 valence electrons. The first kappa shape index (κ1) is 14.7. The monoisotopic (exact) mass is 288 g/mol. The lowest BCUT2D eigenvalue weighted by atomic mass is 10.00. The number of ether oxygens (including phenoxy) is 1. The standard InChI is InChI=1S/C16H13FO4/c1-21-16(20)12-5-3-11(4-6-12)13-8-10(9-15(18)19)2-7-14(13)17/h2-8H,9H2,1H3,(H,18,19). The predicted octanol–water partition coefficient (Wildman–Crippen LogP) is 2.91. The van der Waals surface area contributed by atoms with Gasteiger partial charge in [0.25, 0.3) is 0 Å². The highest BCUT2D eigenvalue weighted by Gasteiger charge is 2.10. The number of rotatable bonds is 4. The molecule has 0 unspecified atom stereocenters. The molecule has 2 aromatic rings. The number of hydrogen-bond acceptors (Lipinski definition) is 3. The van der Waals surface area contributed by atoms with Crippen molar-refractivity contribution in [1.29, 1.82) is 0 Å². The van der Waals surface area contributed by atoms with Crippen molar-refractivity contribution >= 4 is 11.9 Å². The molecule has 0 spiro atoms. The number of aliphatic carboxylic acids is 1. The predicted molar refractivity (Wildman–Crippen MR) is 74.5 cm³/mol. The number of carboxylic acid groups (broad SMARTS) is 1. The summed E-state index contributed by atoms with van der Waals surface area (Å²) < 4.78 is 18.5. The van der Waals surface area contributed by atoms with Gasteiger partial charge in [-0.1, -0.05) is 18.2 Å². The molecular formula is C16H13FO4. The van der Waals surface area contributed by atoms with Crippen LogP contribution >= 0.6 is 0 Å². The lowest BCUT2D eigenvalue weighted by molar-refractivity contribution is -0.136. The van der Waals surface area contributed by atoms with Gasteiger partial charge in [-0.15, -0.1) is 0 Å². The number of halogens is 1. The molecule has 21 heavy (non-hydrogen) atoms. The Kier molecular flexibility index (Phi) is 4.33. The zero-order chi connectivity index (χ0) is 15.4. The molecule has 2 rings (SSSR count). The van der Waals surface area contributed by atoms with E-state index in [1.165, 1.54) is 37.4 Å². The minimum atomic E-state index is -0.978. The Hall–Kier alpha value is -2.69. The van der Waals surface area contributed by atoms with Gasteiger partial charge in [0.15, 0.2) is 0 Å². The zero-order valence-corrected chi connectivity index (χ0v) is 11.3. The van der Waals surface area contributed by atoms with Crippen molar-refractivity contribution in [3.63, 3.8) is 0 Å². The highest BCUT2D eigenvalue weighted by atomic mass is 19.1. The molecule has 0 saturated carbocycles. The van der Waals surface area contributed by atoms with Crippen LogP contribution in [0.2, 0.25) is 0 Å². The van der Waals surface area contributed by atoms with E-state index in [1.807, 2.05) is 0 Å². The molecule has 0 heterocycles. The second kappa shape index (κ2) is 6.17. The van der Waals surface area contributed by atoms with Gasteiger partial charge in [0, 0.05) is 5.56 Å². The number of carbonyl (C=O) groups excluding carboxylic acids is 1. The van der Waals surface area contributed by atoms with E-state index in [0.717, 1.165) is 0 Å². The van der Waals surface area contributed by atoms with Crippen molar-refractivity contribution in [2.75, 3.05) is 7.11 Å². The van der Waals surface area contributed by atoms with E-state index in [9.17, 15) is 14.0 Å². The molecule has 0 aliphatic heterocycles. The minimum Gasteiger partial charge on any atom is -0.481 e. The quantitative estimate of drug-likeness (QED) is 0.879. The molecule has 0 radical (unpaired) electrons. The van der Waals surface area contributed by atoms with Gasteiger partial charge >= 0.3 is 11.9 Å². The fourth-order valence-electron chi connectivity index (χ4n) is 1.98. The van der Waals surface area contributed by atoms with Gasteiger partial charge in [0.05, 0.1) is 19.1 Å². The van der Waals surface area contributed by atoms with Crippen LogP contribution in [0.1, 0.15) is 15.9 Å². The smallest absolute Gasteiger partial charge is 0.337 e. The third-order valence-corrected chi connectivity index (χ3v) is 3.00. The molecule has 1 N–H and O–H groups in total. The summed E-state index contributed by atoms with van der Waals surface area (Å²) in [6.45, 7) is 0. The summed E-state index contributed by atoms with van der Waals surface area (Å²) in [5.74, 6) is -1.90. The number of esters is 1. The lowest BCUT2D eigenvalue weighted by Crippen LogP contribution is -2.01. The Morgan fingerprint density at radius 3 is 2.38 bits per heavy atom. The van der Waals surface area contributed by atoms with Crippen molar-refractivity contribution < 1.29 is 23.8 Å². The van der Waals surface area contributed by atoms with E-state index < -0.39 is 17.8 Å². The maximum Gasteiger partial charge on any atom is 0.337 e. The Balaban J connectivity index is 2.36. The molecule has 0 atom stereocenters. The highest BCUT2D eigenvalue weighted by molar-refractivity contribution is 5.90. The van der Waals surface area contributed by atoms with E-state index >= 15 is 0 Å². The van der Waals surface area contributed by atoms with E-state index in [4.69, 9.17) is 5.11 Å². The maximum atomic E-state index is 13.9. The van der Waals surface area contributed by atoms with Gasteiger partial charge in [0.2, 0.25) is 0 Å². The van der Waals surface area contributed by atoms with Crippen LogP contribution in [0.3, 0.4) is 0 Å². The van der Waals surface area contributed by atoms with Crippen molar-refractivity contribution in [1.82, 2.24) is 0 Å². The van der Waals surface area contributed by atoms with Crippen LogP contribution in [0.15, 0.2) is 42.5 Å². The Morgan fingerprint density at radius 1 is 1.14 bits per heavy atom. The highest BCUT2D eigenvalue weighted by Crippen LogP contribution is 2.25. The average molecular weight is 288 g/mol. The van der Waals surface area contributed by atoms with Crippen molar-refractivity contribution in [3.05, 3.63) is 59.4 Å². The van der Waals surface area contributed by atoms with Crippen molar-refractivity contribution in [2.45, 2.75) is 6.42 Å². The fraction of sp³-hybridized carbons (Fsp3) is 0.125. The third-order valence-electron chi connectivity index (χ3n) is 3.00. The summed E-state index contributed by atoms with van der Waals surface area (Å²) in [7, 11) is 1.28. The number of methoxy groups -OCH3 is 1. The van der Waals surface area contributed by atoms with Crippen molar-refractivity contribution in [3.8, 4) is 11.1 Å². The van der Waals surface area contributed by atoms with E-state index in [0.29, 0.717) is 22.3 Å². The Bertz CT molecular complexity index is 677. The largest absolute Gasteiger partial charge is 0.481 e. The molecule has 0 saturated heterocycles. The number of carboxylic acids is 1. The van der Waals surface area contributed by atoms with E-state index in [-0.39, 0.29) is 6.42 Å². The normalized spacial score (nSPS) is 10.2.